The van der Waals surface area contributed by atoms with E-state index in [1.54, 1.807) is 41.2 Å². The fraction of sp³-hybridized carbons (Fsp3) is 0.208. The molecule has 1 atom stereocenters. The number of benzene rings is 2. The van der Waals surface area contributed by atoms with Gasteiger partial charge >= 0.3 is 0 Å². The molecule has 0 saturated heterocycles. The number of rotatable bonds is 5. The Kier molecular flexibility index (Phi) is 5.05. The van der Waals surface area contributed by atoms with Gasteiger partial charge in [0.25, 0.3) is 5.56 Å². The highest BCUT2D eigenvalue weighted by molar-refractivity contribution is 5.79. The van der Waals surface area contributed by atoms with E-state index in [2.05, 4.69) is 15.3 Å². The Morgan fingerprint density at radius 1 is 0.938 bits per heavy atom. The van der Waals surface area contributed by atoms with Crippen LogP contribution in [0.15, 0.2) is 65.6 Å². The first-order chi connectivity index (χ1) is 15.5. The molecule has 5 rings (SSSR count). The van der Waals surface area contributed by atoms with E-state index >= 15 is 0 Å². The molecule has 1 aliphatic rings. The van der Waals surface area contributed by atoms with Crippen LogP contribution in [0.25, 0.3) is 22.5 Å². The second-order valence-corrected chi connectivity index (χ2v) is 7.82. The standard InChI is InChI=1S/C24H21F2N5O/c1-15(16-3-7-18(25)8-4-16)28-24-27-12-11-20(29-24)22-21(17-5-9-19(26)10-6-17)23(32)31-14-2-13-30(22)31/h3-12,15H,2,13-14H2,1H3,(H,27,28,29). The molecule has 0 saturated carbocycles. The number of nitrogens with one attached hydrogen (secondary N) is 1. The highest BCUT2D eigenvalue weighted by Gasteiger charge is 2.26. The predicted molar refractivity (Wildman–Crippen MR) is 118 cm³/mol. The lowest BCUT2D eigenvalue weighted by molar-refractivity contribution is 0.599. The molecule has 1 N–H and O–H groups in total. The Balaban J connectivity index is 1.56. The van der Waals surface area contributed by atoms with E-state index in [1.807, 2.05) is 11.6 Å². The third kappa shape index (κ3) is 3.57. The van der Waals surface area contributed by atoms with Gasteiger partial charge in [-0.05, 0) is 54.8 Å². The van der Waals surface area contributed by atoms with E-state index in [4.69, 9.17) is 0 Å². The molecule has 0 bridgehead atoms. The molecule has 6 nitrogen and oxygen atoms in total. The number of anilines is 1. The quantitative estimate of drug-likeness (QED) is 0.499. The smallest absolute Gasteiger partial charge is 0.275 e. The summed E-state index contributed by atoms with van der Waals surface area (Å²) in [6, 6.07) is 13.8. The summed E-state index contributed by atoms with van der Waals surface area (Å²) in [5.74, 6) is -0.249. The maximum Gasteiger partial charge on any atom is 0.275 e. The zero-order valence-corrected chi connectivity index (χ0v) is 17.4. The number of hydrogen-bond acceptors (Lipinski definition) is 4. The molecule has 32 heavy (non-hydrogen) atoms. The van der Waals surface area contributed by atoms with E-state index in [0.717, 1.165) is 12.0 Å². The molecule has 2 aromatic carbocycles. The predicted octanol–water partition coefficient (Wildman–Crippen LogP) is 4.63. The Morgan fingerprint density at radius 3 is 2.31 bits per heavy atom. The van der Waals surface area contributed by atoms with Gasteiger partial charge in [-0.3, -0.25) is 9.48 Å². The molecule has 1 aliphatic heterocycles. The van der Waals surface area contributed by atoms with Crippen LogP contribution >= 0.6 is 0 Å². The normalized spacial score (nSPS) is 13.7. The maximum absolute atomic E-state index is 13.5. The SMILES string of the molecule is CC(Nc1nccc(-c2c(-c3ccc(F)cc3)c(=O)n3n2CCC3)n1)c1ccc(F)cc1. The second-order valence-electron chi connectivity index (χ2n) is 7.82. The second kappa shape index (κ2) is 8.03. The number of aromatic nitrogens is 4. The minimum atomic E-state index is -0.356. The van der Waals surface area contributed by atoms with Crippen molar-refractivity contribution in [2.45, 2.75) is 32.5 Å². The van der Waals surface area contributed by atoms with Gasteiger partial charge in [0.1, 0.15) is 11.6 Å². The Hall–Kier alpha value is -3.81. The van der Waals surface area contributed by atoms with E-state index in [-0.39, 0.29) is 23.2 Å². The van der Waals surface area contributed by atoms with Crippen molar-refractivity contribution in [2.75, 3.05) is 5.32 Å². The third-order valence-corrected chi connectivity index (χ3v) is 5.72. The number of fused-ring (bicyclic) bond motifs is 1. The summed E-state index contributed by atoms with van der Waals surface area (Å²) in [7, 11) is 0. The number of hydrogen-bond donors (Lipinski definition) is 1. The molecular formula is C24H21F2N5O. The minimum absolute atomic E-state index is 0.114. The van der Waals surface area contributed by atoms with Gasteiger partial charge in [-0.2, -0.15) is 0 Å². The molecule has 0 spiro atoms. The Labute approximate surface area is 183 Å². The summed E-state index contributed by atoms with van der Waals surface area (Å²) in [6.07, 6.45) is 2.50. The lowest BCUT2D eigenvalue weighted by atomic mass is 10.0. The highest BCUT2D eigenvalue weighted by atomic mass is 19.1. The van der Waals surface area contributed by atoms with Crippen LogP contribution in [-0.2, 0) is 13.1 Å². The van der Waals surface area contributed by atoms with Crippen LogP contribution in [0.3, 0.4) is 0 Å². The van der Waals surface area contributed by atoms with Gasteiger partial charge in [0, 0.05) is 19.3 Å². The molecule has 8 heteroatoms. The molecule has 0 radical (unpaired) electrons. The first-order valence-corrected chi connectivity index (χ1v) is 10.5. The van der Waals surface area contributed by atoms with Crippen molar-refractivity contribution in [1.29, 1.82) is 0 Å². The molecule has 0 fully saturated rings. The molecule has 0 aliphatic carbocycles. The lowest BCUT2D eigenvalue weighted by Gasteiger charge is -2.15. The van der Waals surface area contributed by atoms with Crippen LogP contribution in [0.1, 0.15) is 24.9 Å². The van der Waals surface area contributed by atoms with Crippen molar-refractivity contribution >= 4 is 5.95 Å². The molecule has 3 heterocycles. The van der Waals surface area contributed by atoms with Crippen molar-refractivity contribution < 1.29 is 8.78 Å². The molecular weight excluding hydrogens is 412 g/mol. The minimum Gasteiger partial charge on any atom is -0.348 e. The maximum atomic E-state index is 13.5. The van der Waals surface area contributed by atoms with Gasteiger partial charge in [-0.1, -0.05) is 24.3 Å². The van der Waals surface area contributed by atoms with Gasteiger partial charge in [0.05, 0.1) is 23.0 Å². The van der Waals surface area contributed by atoms with E-state index in [1.165, 1.54) is 24.3 Å². The topological polar surface area (TPSA) is 64.7 Å². The monoisotopic (exact) mass is 433 g/mol. The van der Waals surface area contributed by atoms with E-state index < -0.39 is 0 Å². The first-order valence-electron chi connectivity index (χ1n) is 10.5. The van der Waals surface area contributed by atoms with E-state index in [9.17, 15) is 13.6 Å². The summed E-state index contributed by atoms with van der Waals surface area (Å²) in [4.78, 5) is 22.2. The molecule has 4 aromatic rings. The largest absolute Gasteiger partial charge is 0.348 e. The van der Waals surface area contributed by atoms with Crippen molar-refractivity contribution in [3.05, 3.63) is 88.3 Å². The molecule has 2 aromatic heterocycles. The zero-order chi connectivity index (χ0) is 22.2. The van der Waals surface area contributed by atoms with Crippen molar-refractivity contribution in [2.24, 2.45) is 0 Å². The summed E-state index contributed by atoms with van der Waals surface area (Å²) in [5.41, 5.74) is 3.23. The van der Waals surface area contributed by atoms with Crippen LogP contribution in [0.4, 0.5) is 14.7 Å². The summed E-state index contributed by atoms with van der Waals surface area (Å²) in [6.45, 7) is 3.27. The zero-order valence-electron chi connectivity index (χ0n) is 17.4. The molecule has 0 amide bonds. The molecule has 1 unspecified atom stereocenters. The molecule has 162 valence electrons. The van der Waals surface area contributed by atoms with Crippen molar-refractivity contribution in [3.8, 4) is 22.5 Å². The average molecular weight is 433 g/mol. The van der Waals surface area contributed by atoms with Crippen LogP contribution in [-0.4, -0.2) is 19.3 Å². The van der Waals surface area contributed by atoms with Crippen LogP contribution in [0, 0.1) is 11.6 Å². The number of halogens is 2. The summed E-state index contributed by atoms with van der Waals surface area (Å²) < 4.78 is 30.4. The summed E-state index contributed by atoms with van der Waals surface area (Å²) in [5, 5.41) is 3.24. The average Bonchev–Trinajstić information content (AvgIpc) is 3.37. The van der Waals surface area contributed by atoms with Gasteiger partial charge in [-0.15, -0.1) is 0 Å². The first kappa shape index (κ1) is 20.1. The van der Waals surface area contributed by atoms with Crippen molar-refractivity contribution in [1.82, 2.24) is 19.3 Å². The fourth-order valence-corrected chi connectivity index (χ4v) is 4.14. The fourth-order valence-electron chi connectivity index (χ4n) is 4.14. The van der Waals surface area contributed by atoms with Gasteiger partial charge in [0.2, 0.25) is 5.95 Å². The Morgan fingerprint density at radius 2 is 1.59 bits per heavy atom. The third-order valence-electron chi connectivity index (χ3n) is 5.72. The van der Waals surface area contributed by atoms with Gasteiger partial charge in [-0.25, -0.2) is 23.4 Å². The van der Waals surface area contributed by atoms with Gasteiger partial charge < -0.3 is 5.32 Å². The highest BCUT2D eigenvalue weighted by Crippen LogP contribution is 2.32. The van der Waals surface area contributed by atoms with Crippen LogP contribution < -0.4 is 10.9 Å². The summed E-state index contributed by atoms with van der Waals surface area (Å²) >= 11 is 0. The van der Waals surface area contributed by atoms with Crippen LogP contribution in [0.5, 0.6) is 0 Å². The lowest BCUT2D eigenvalue weighted by Crippen LogP contribution is -2.17. The van der Waals surface area contributed by atoms with Gasteiger partial charge in [0.15, 0.2) is 0 Å². The number of nitrogens with zero attached hydrogens (tertiary/aromatic N) is 4. The Bertz CT molecular complexity index is 1330. The van der Waals surface area contributed by atoms with Crippen molar-refractivity contribution in [3.63, 3.8) is 0 Å². The van der Waals surface area contributed by atoms with Crippen LogP contribution in [0.2, 0.25) is 0 Å². The van der Waals surface area contributed by atoms with E-state index in [0.29, 0.717) is 41.6 Å².